The third kappa shape index (κ3) is 63.6. The quantitative estimate of drug-likeness (QED) is 0.00863. The Hall–Kier alpha value is -6.92. The van der Waals surface area contributed by atoms with E-state index in [0.29, 0.717) is 51.7 Å². The number of unbranched alkanes of at least 4 members (excludes halogenated alkanes) is 2. The van der Waals surface area contributed by atoms with Gasteiger partial charge in [-0.15, -0.1) is 0 Å². The molecule has 0 rings (SSSR count). The number of alkyl halides is 6. The molecular weight excluding hydrogens is 1430 g/mol. The summed E-state index contributed by atoms with van der Waals surface area (Å²) in [5.41, 5.74) is 15.9. The lowest BCUT2D eigenvalue weighted by Gasteiger charge is -2.21. The molecule has 0 saturated heterocycles. The molecule has 0 aliphatic carbocycles. The predicted molar refractivity (Wildman–Crippen MR) is 355 cm³/mol. The molecule has 0 aliphatic rings. The first-order valence-corrected chi connectivity index (χ1v) is 33.0. The number of nitrogens with one attached hydrogen (secondary N) is 5. The normalized spacial score (nSPS) is 12.0. The summed E-state index contributed by atoms with van der Waals surface area (Å²) >= 11 is 31.2. The summed E-state index contributed by atoms with van der Waals surface area (Å²) in [6, 6.07) is -6.15. The predicted octanol–water partition coefficient (Wildman–Crippen LogP) is 6.11. The first-order valence-electron chi connectivity index (χ1n) is 29.8. The fourth-order valence-corrected chi connectivity index (χ4v) is 6.85. The fraction of sp³-hybridized carbons (Fsp3) is 0.750. The Morgan fingerprint density at radius 2 is 0.814 bits per heavy atom. The number of carbonyl (C=O) groups is 13. The molecule has 0 radical (unpaired) electrons. The largest absolute Gasteiger partial charge is 0.469 e. The van der Waals surface area contributed by atoms with Crippen molar-refractivity contribution in [3.8, 4) is 0 Å². The van der Waals surface area contributed by atoms with Crippen molar-refractivity contribution in [1.82, 2.24) is 26.6 Å². The molecule has 41 heteroatoms. The summed E-state index contributed by atoms with van der Waals surface area (Å²) in [6.07, 6.45) is 1.09. The van der Waals surface area contributed by atoms with Gasteiger partial charge in [0.05, 0.1) is 53.7 Å². The second-order valence-electron chi connectivity index (χ2n) is 18.6. The van der Waals surface area contributed by atoms with E-state index in [9.17, 15) is 62.3 Å². The average molecular weight is 1530 g/mol. The van der Waals surface area contributed by atoms with Gasteiger partial charge in [-0.25, -0.2) is 47.9 Å². The second kappa shape index (κ2) is 69.0. The zero-order chi connectivity index (χ0) is 75.7. The van der Waals surface area contributed by atoms with Gasteiger partial charge in [-0.1, -0.05) is 117 Å². The van der Waals surface area contributed by atoms with E-state index >= 15 is 0 Å². The van der Waals surface area contributed by atoms with Crippen LogP contribution < -0.4 is 43.8 Å². The first-order chi connectivity index (χ1) is 45.8. The number of alkyl carbamates (subject to hydrolysis) is 5. The molecule has 566 valence electrons. The Balaban J connectivity index is -0.000000257. The van der Waals surface area contributed by atoms with E-state index < -0.39 is 103 Å². The van der Waals surface area contributed by atoms with Gasteiger partial charge in [0.25, 0.3) is 0 Å². The maximum atomic E-state index is 11.6. The molecule has 97 heavy (non-hydrogen) atoms. The number of hydrogen-bond acceptors (Lipinski definition) is 28. The lowest BCUT2D eigenvalue weighted by atomic mass is 9.99. The van der Waals surface area contributed by atoms with Crippen molar-refractivity contribution >= 4 is 154 Å². The number of carbonyl (C=O) groups excluding carboxylic acids is 13. The summed E-state index contributed by atoms with van der Waals surface area (Å²) < 4.78 is 59.4. The number of halogens is 6. The van der Waals surface area contributed by atoms with E-state index in [-0.39, 0.29) is 99.0 Å². The second-order valence-corrected chi connectivity index (χ2v) is 20.0. The summed E-state index contributed by atoms with van der Waals surface area (Å²) in [6.45, 7) is 19.4. The van der Waals surface area contributed by atoms with E-state index in [1.54, 1.807) is 34.6 Å². The molecule has 0 aromatic rings. The highest BCUT2D eigenvalue weighted by Gasteiger charge is 2.29. The number of nitrogens with zero attached hydrogens (tertiary/aromatic N) is 1. The Kier molecular flexibility index (Phi) is 71.9. The lowest BCUT2D eigenvalue weighted by molar-refractivity contribution is -0.149. The van der Waals surface area contributed by atoms with Crippen LogP contribution in [0.15, 0.2) is 4.99 Å². The Labute approximate surface area is 595 Å². The van der Waals surface area contributed by atoms with Gasteiger partial charge >= 0.3 is 78.2 Å². The minimum absolute atomic E-state index is 0.0257. The van der Waals surface area contributed by atoms with Gasteiger partial charge in [-0.2, -0.15) is 0 Å². The average Bonchev–Trinajstić information content (AvgIpc) is 1.04. The van der Waals surface area contributed by atoms with Crippen LogP contribution in [-0.4, -0.2) is 211 Å². The maximum absolute atomic E-state index is 11.6. The third-order valence-electron chi connectivity index (χ3n) is 10.9. The van der Waals surface area contributed by atoms with Crippen LogP contribution in [0.1, 0.15) is 133 Å². The molecule has 0 fully saturated rings. The maximum Gasteiger partial charge on any atom is 0.409 e. The van der Waals surface area contributed by atoms with Gasteiger partial charge in [0, 0.05) is 13.0 Å². The van der Waals surface area contributed by atoms with E-state index in [1.807, 2.05) is 27.7 Å². The molecule has 11 N–H and O–H groups in total. The Morgan fingerprint density at radius 1 is 0.412 bits per heavy atom. The van der Waals surface area contributed by atoms with Crippen LogP contribution in [0.5, 0.6) is 0 Å². The van der Waals surface area contributed by atoms with E-state index in [0.717, 1.165) is 33.5 Å². The molecular formula is C56H99Cl6N9O26. The number of nitrogens with two attached hydrogens (primary N) is 3. The van der Waals surface area contributed by atoms with Gasteiger partial charge in [0.2, 0.25) is 0 Å². The van der Waals surface area contributed by atoms with Crippen LogP contribution in [0.2, 0.25) is 0 Å². The molecule has 0 bridgehead atoms. The SMILES string of the molecule is CCOC(=O)C(C)NC(=O)OCCl.CCOC(=O)C(CC(C)C)NC(=O)OCCl.CCOC(=O)C(N)CCCCCC(=O)OCCl.CCOC(=O)C(NC(=O)OCCl)C(C)CC.CCOC(=O)[C@H](CCCN=C(N)N)NC(=O)OCCl.COC(=O)C[C@H](NC(=O)OCCl)C(=O)OC. The molecule has 35 nitrogen and oxygen atoms in total. The van der Waals surface area contributed by atoms with E-state index in [1.165, 1.54) is 6.92 Å². The zero-order valence-electron chi connectivity index (χ0n) is 56.7. The summed E-state index contributed by atoms with van der Waals surface area (Å²) in [5.74, 6) is -3.86. The van der Waals surface area contributed by atoms with Crippen molar-refractivity contribution in [2.45, 2.75) is 170 Å². The number of amides is 5. The molecule has 5 unspecified atom stereocenters. The molecule has 0 heterocycles. The third-order valence-corrected chi connectivity index (χ3v) is 11.5. The number of ether oxygens (including phenoxy) is 13. The van der Waals surface area contributed by atoms with Gasteiger partial charge < -0.3 is 105 Å². The van der Waals surface area contributed by atoms with Crippen molar-refractivity contribution in [1.29, 1.82) is 0 Å². The van der Waals surface area contributed by atoms with Gasteiger partial charge in [0.15, 0.2) is 42.4 Å². The number of guanidine groups is 1. The minimum atomic E-state index is -1.16. The van der Waals surface area contributed by atoms with Crippen molar-refractivity contribution in [3.63, 3.8) is 0 Å². The van der Waals surface area contributed by atoms with Crippen molar-refractivity contribution in [2.75, 3.05) is 90.2 Å². The van der Waals surface area contributed by atoms with Crippen molar-refractivity contribution in [2.24, 2.45) is 34.0 Å². The molecule has 5 amide bonds. The van der Waals surface area contributed by atoms with Crippen LogP contribution >= 0.6 is 69.6 Å². The van der Waals surface area contributed by atoms with Crippen LogP contribution in [0.25, 0.3) is 0 Å². The summed E-state index contributed by atoms with van der Waals surface area (Å²) in [5, 5.41) is 11.6. The number of esters is 8. The highest BCUT2D eigenvalue weighted by atomic mass is 35.5. The number of methoxy groups -OCH3 is 2. The highest BCUT2D eigenvalue weighted by molar-refractivity contribution is 6.18. The van der Waals surface area contributed by atoms with Crippen molar-refractivity contribution in [3.05, 3.63) is 0 Å². The molecule has 0 aromatic carbocycles. The smallest absolute Gasteiger partial charge is 0.409 e. The fourth-order valence-electron chi connectivity index (χ4n) is 6.23. The molecule has 7 atom stereocenters. The number of aliphatic imine (C=N–C) groups is 1. The monoisotopic (exact) mass is 1520 g/mol. The van der Waals surface area contributed by atoms with E-state index in [4.69, 9.17) is 106 Å². The van der Waals surface area contributed by atoms with Gasteiger partial charge in [-0.3, -0.25) is 19.4 Å². The summed E-state index contributed by atoms with van der Waals surface area (Å²) in [7, 11) is 2.29. The number of rotatable bonds is 38. The molecule has 0 aliphatic heterocycles. The van der Waals surface area contributed by atoms with Gasteiger partial charge in [-0.05, 0) is 85.5 Å². The minimum Gasteiger partial charge on any atom is -0.469 e. The zero-order valence-corrected chi connectivity index (χ0v) is 61.3. The van der Waals surface area contributed by atoms with E-state index in [2.05, 4.69) is 74.2 Å². The van der Waals surface area contributed by atoms with Crippen LogP contribution in [0.3, 0.4) is 0 Å². The standard InChI is InChI=1S/C11H20ClNO4.C10H19ClN4O4.2C10H18ClNO4.C8H12ClNO6.C7H12ClNO4/c1-2-16-11(15)9(13)6-4-3-5-7-10(14)17-8-12;1-2-18-8(16)7(15-10(17)19-6-11)4-3-5-14-9(12)13;1-4-15-9(13)8(5-7(2)3)12-10(14)16-6-11;1-4-7(3)8(9(13)15-5-2)12-10(14)16-6-11;1-14-6(11)3-5(7(12)15-2)10-8(13)16-4-9;1-3-12-6(10)5(2)9-7(11)13-4-8/h9H,2-8,13H2,1H3;7H,2-6H2,1H3,(H,15,17)(H4,12,13,14);2*7-8H,4-6H2,1-3H3,(H,12,14);5H,3-4H2,1-2H3,(H,10,13);5H,3-4H2,1-2H3,(H,9,11)/t;7-;;;5-;/m.0..0./s1. The molecule has 0 aromatic heterocycles. The molecule has 0 saturated carbocycles. The lowest BCUT2D eigenvalue weighted by Crippen LogP contribution is -2.46. The number of hydrogen-bond donors (Lipinski definition) is 8. The van der Waals surface area contributed by atoms with Crippen LogP contribution in [0, 0.1) is 11.8 Å². The van der Waals surface area contributed by atoms with Crippen molar-refractivity contribution < 1.29 is 124 Å². The topological polar surface area (TPSA) is 492 Å². The molecule has 0 spiro atoms. The summed E-state index contributed by atoms with van der Waals surface area (Å²) in [4.78, 5) is 149. The highest BCUT2D eigenvalue weighted by Crippen LogP contribution is 2.11. The van der Waals surface area contributed by atoms with Gasteiger partial charge in [0.1, 0.15) is 36.3 Å². The van der Waals surface area contributed by atoms with Crippen LogP contribution in [-0.2, 0) is 99.9 Å². The van der Waals surface area contributed by atoms with Crippen LogP contribution in [0.4, 0.5) is 24.0 Å². The Morgan fingerprint density at radius 3 is 1.23 bits per heavy atom. The Bertz CT molecular complexity index is 2250. The first kappa shape index (κ1) is 101.